The molecule has 9 heteroatoms. The minimum absolute atomic E-state index is 0. The van der Waals surface area contributed by atoms with Crippen molar-refractivity contribution >= 4 is 29.9 Å². The largest absolute Gasteiger partial charge is 0.476 e. The van der Waals surface area contributed by atoms with Gasteiger partial charge in [0, 0.05) is 25.4 Å². The number of nitrogens with zero attached hydrogens (tertiary/aromatic N) is 2. The van der Waals surface area contributed by atoms with E-state index in [4.69, 9.17) is 4.74 Å². The van der Waals surface area contributed by atoms with Crippen molar-refractivity contribution in [2.75, 3.05) is 26.2 Å². The number of guanidine groups is 1. The summed E-state index contributed by atoms with van der Waals surface area (Å²) in [7, 11) is 0. The van der Waals surface area contributed by atoms with Crippen LogP contribution in [0.1, 0.15) is 19.4 Å². The maximum Gasteiger partial charge on any atom is 0.417 e. The number of ether oxygens (including phenoxy) is 1. The van der Waals surface area contributed by atoms with Crippen LogP contribution in [0.25, 0.3) is 0 Å². The molecule has 0 saturated heterocycles. The molecule has 0 aliphatic heterocycles. The summed E-state index contributed by atoms with van der Waals surface area (Å²) >= 11 is 0. The van der Waals surface area contributed by atoms with Crippen molar-refractivity contribution in [2.24, 2.45) is 4.99 Å². The lowest BCUT2D eigenvalue weighted by atomic mass is 10.3. The van der Waals surface area contributed by atoms with Gasteiger partial charge in [-0.1, -0.05) is 0 Å². The Labute approximate surface area is 144 Å². The Balaban J connectivity index is 0.00000441. The Morgan fingerprint density at radius 3 is 2.32 bits per heavy atom. The number of rotatable bonds is 6. The number of hydrogen-bond acceptors (Lipinski definition) is 3. The average molecular weight is 432 g/mol. The van der Waals surface area contributed by atoms with Gasteiger partial charge in [-0.15, -0.1) is 24.0 Å². The van der Waals surface area contributed by atoms with Gasteiger partial charge in [0.25, 0.3) is 0 Å². The Morgan fingerprint density at radius 1 is 1.23 bits per heavy atom. The third-order valence-corrected chi connectivity index (χ3v) is 2.36. The van der Waals surface area contributed by atoms with Crippen molar-refractivity contribution in [1.82, 2.24) is 15.6 Å². The van der Waals surface area contributed by atoms with Gasteiger partial charge in [0.15, 0.2) is 5.96 Å². The van der Waals surface area contributed by atoms with Crippen molar-refractivity contribution < 1.29 is 17.9 Å². The summed E-state index contributed by atoms with van der Waals surface area (Å²) in [6, 6.07) is 2.14. The first-order valence-electron chi connectivity index (χ1n) is 6.65. The molecule has 0 amide bonds. The van der Waals surface area contributed by atoms with Crippen LogP contribution in [0.5, 0.6) is 5.88 Å². The second-order valence-corrected chi connectivity index (χ2v) is 4.02. The molecule has 0 fully saturated rings. The zero-order valence-corrected chi connectivity index (χ0v) is 14.7. The lowest BCUT2D eigenvalue weighted by Gasteiger charge is -2.10. The van der Waals surface area contributed by atoms with Crippen LogP contribution in [0.3, 0.4) is 0 Å². The summed E-state index contributed by atoms with van der Waals surface area (Å²) in [4.78, 5) is 7.85. The zero-order valence-electron chi connectivity index (χ0n) is 12.4. The molecule has 0 aromatic carbocycles. The normalized spacial score (nSPS) is 10.4. The smallest absolute Gasteiger partial charge is 0.417 e. The molecule has 0 radical (unpaired) electrons. The van der Waals surface area contributed by atoms with E-state index in [9.17, 15) is 13.2 Å². The molecule has 126 valence electrons. The zero-order chi connectivity index (χ0) is 15.7. The average Bonchev–Trinajstić information content (AvgIpc) is 2.43. The minimum atomic E-state index is -4.39. The third-order valence-electron chi connectivity index (χ3n) is 2.36. The lowest BCUT2D eigenvalue weighted by molar-refractivity contribution is -0.137. The number of halogens is 4. The molecule has 1 rings (SSSR count). The maximum absolute atomic E-state index is 12.3. The van der Waals surface area contributed by atoms with E-state index in [0.29, 0.717) is 12.5 Å². The summed E-state index contributed by atoms with van der Waals surface area (Å²) in [6.45, 7) is 6.00. The molecular weight excluding hydrogens is 412 g/mol. The second kappa shape index (κ2) is 10.5. The van der Waals surface area contributed by atoms with Crippen molar-refractivity contribution in [3.8, 4) is 5.88 Å². The monoisotopic (exact) mass is 432 g/mol. The number of hydrogen-bond donors (Lipinski definition) is 2. The highest BCUT2D eigenvalue weighted by Gasteiger charge is 2.30. The van der Waals surface area contributed by atoms with Crippen LogP contribution < -0.4 is 15.4 Å². The number of pyridine rings is 1. The van der Waals surface area contributed by atoms with Gasteiger partial charge in [-0.3, -0.25) is 0 Å². The van der Waals surface area contributed by atoms with Gasteiger partial charge in [0.1, 0.15) is 6.61 Å². The Bertz CT molecular complexity index is 444. The van der Waals surface area contributed by atoms with Gasteiger partial charge < -0.3 is 15.4 Å². The summed E-state index contributed by atoms with van der Waals surface area (Å²) in [5.41, 5.74) is -0.797. The van der Waals surface area contributed by atoms with E-state index >= 15 is 0 Å². The second-order valence-electron chi connectivity index (χ2n) is 4.02. The van der Waals surface area contributed by atoms with Crippen LogP contribution in [0, 0.1) is 0 Å². The predicted molar refractivity (Wildman–Crippen MR) is 89.8 cm³/mol. The Morgan fingerprint density at radius 2 is 1.86 bits per heavy atom. The highest BCUT2D eigenvalue weighted by molar-refractivity contribution is 14.0. The molecular formula is C13H20F3IN4O. The number of nitrogens with one attached hydrogen (secondary N) is 2. The van der Waals surface area contributed by atoms with Crippen molar-refractivity contribution in [3.63, 3.8) is 0 Å². The Kier molecular flexibility index (Phi) is 9.86. The standard InChI is InChI=1S/C13H19F3N4O.HI/c1-3-17-12(18-4-2)19-7-8-21-11-6-5-10(9-20-11)13(14,15)16;/h5-6,9H,3-4,7-8H2,1-2H3,(H2,17,18,19);1H. The molecule has 0 saturated carbocycles. The van der Waals surface area contributed by atoms with Crippen molar-refractivity contribution in [1.29, 1.82) is 0 Å². The molecule has 5 nitrogen and oxygen atoms in total. The fraction of sp³-hybridized carbons (Fsp3) is 0.538. The van der Waals surface area contributed by atoms with Crippen LogP contribution in [0.2, 0.25) is 0 Å². The molecule has 22 heavy (non-hydrogen) atoms. The first-order chi connectivity index (χ1) is 9.97. The SMILES string of the molecule is CCNC(=NCCOc1ccc(C(F)(F)F)cn1)NCC.I. The predicted octanol–water partition coefficient (Wildman–Crippen LogP) is 2.67. The van der Waals surface area contributed by atoms with Gasteiger partial charge in [0.05, 0.1) is 12.1 Å². The third kappa shape index (κ3) is 7.66. The molecule has 2 N–H and O–H groups in total. The molecule has 1 aromatic heterocycles. The molecule has 0 atom stereocenters. The fourth-order valence-corrected chi connectivity index (χ4v) is 1.45. The topological polar surface area (TPSA) is 58.5 Å². The van der Waals surface area contributed by atoms with Crippen LogP contribution in [0.15, 0.2) is 23.3 Å². The number of aliphatic imine (C=N–C) groups is 1. The summed E-state index contributed by atoms with van der Waals surface area (Å²) in [5, 5.41) is 6.10. The first-order valence-corrected chi connectivity index (χ1v) is 6.65. The van der Waals surface area contributed by atoms with Crippen LogP contribution in [0.4, 0.5) is 13.2 Å². The van der Waals surface area contributed by atoms with E-state index in [1.165, 1.54) is 6.07 Å². The molecule has 0 bridgehead atoms. The van der Waals surface area contributed by atoms with E-state index in [-0.39, 0.29) is 36.5 Å². The van der Waals surface area contributed by atoms with Gasteiger partial charge >= 0.3 is 6.18 Å². The quantitative estimate of drug-likeness (QED) is 0.314. The van der Waals surface area contributed by atoms with E-state index in [0.717, 1.165) is 25.4 Å². The molecule has 0 aliphatic rings. The summed E-state index contributed by atoms with van der Waals surface area (Å²) < 4.78 is 42.3. The van der Waals surface area contributed by atoms with E-state index in [2.05, 4.69) is 20.6 Å². The first kappa shape index (κ1) is 20.7. The van der Waals surface area contributed by atoms with E-state index < -0.39 is 11.7 Å². The molecule has 0 aliphatic carbocycles. The van der Waals surface area contributed by atoms with Gasteiger partial charge in [-0.05, 0) is 19.9 Å². The van der Waals surface area contributed by atoms with Crippen LogP contribution >= 0.6 is 24.0 Å². The van der Waals surface area contributed by atoms with Gasteiger partial charge in [-0.25, -0.2) is 9.98 Å². The minimum Gasteiger partial charge on any atom is -0.476 e. The molecule has 0 spiro atoms. The van der Waals surface area contributed by atoms with Crippen LogP contribution in [-0.2, 0) is 6.18 Å². The molecule has 1 heterocycles. The Hall–Kier alpha value is -1.26. The lowest BCUT2D eigenvalue weighted by Crippen LogP contribution is -2.37. The van der Waals surface area contributed by atoms with Crippen molar-refractivity contribution in [2.45, 2.75) is 20.0 Å². The highest BCUT2D eigenvalue weighted by atomic mass is 127. The molecule has 0 unspecified atom stereocenters. The van der Waals surface area contributed by atoms with Crippen molar-refractivity contribution in [3.05, 3.63) is 23.9 Å². The number of aromatic nitrogens is 1. The molecule has 1 aromatic rings. The fourth-order valence-electron chi connectivity index (χ4n) is 1.45. The van der Waals surface area contributed by atoms with Gasteiger partial charge in [-0.2, -0.15) is 13.2 Å². The summed E-state index contributed by atoms with van der Waals surface area (Å²) in [6.07, 6.45) is -3.64. The maximum atomic E-state index is 12.3. The number of alkyl halides is 3. The van der Waals surface area contributed by atoms with Gasteiger partial charge in [0.2, 0.25) is 5.88 Å². The highest BCUT2D eigenvalue weighted by Crippen LogP contribution is 2.29. The van der Waals surface area contributed by atoms with E-state index in [1.54, 1.807) is 0 Å². The summed E-state index contributed by atoms with van der Waals surface area (Å²) in [5.74, 6) is 0.815. The van der Waals surface area contributed by atoms with E-state index in [1.807, 2.05) is 13.8 Å². The van der Waals surface area contributed by atoms with Crippen LogP contribution in [-0.4, -0.2) is 37.2 Å².